The van der Waals surface area contributed by atoms with Gasteiger partial charge in [0.25, 0.3) is 0 Å². The molecule has 2 atom stereocenters. The summed E-state index contributed by atoms with van der Waals surface area (Å²) < 4.78 is 0. The highest BCUT2D eigenvalue weighted by molar-refractivity contribution is 7.99. The molecule has 0 spiro atoms. The second-order valence-corrected chi connectivity index (χ2v) is 7.28. The fraction of sp³-hybridized carbons (Fsp3) is 0.929. The van der Waals surface area contributed by atoms with Crippen molar-refractivity contribution >= 4 is 11.8 Å². The summed E-state index contributed by atoms with van der Waals surface area (Å²) in [5.41, 5.74) is -0.290. The maximum absolute atomic E-state index is 9.56. The molecule has 2 unspecified atom stereocenters. The Labute approximate surface area is 111 Å². The van der Waals surface area contributed by atoms with E-state index in [-0.39, 0.29) is 5.54 Å². The number of hydrogen-bond donors (Lipinski definition) is 1. The van der Waals surface area contributed by atoms with Crippen molar-refractivity contribution in [1.29, 1.82) is 5.26 Å². The van der Waals surface area contributed by atoms with E-state index in [1.54, 1.807) is 0 Å². The summed E-state index contributed by atoms with van der Waals surface area (Å²) in [5.74, 6) is 2.17. The maximum Gasteiger partial charge on any atom is 0.118 e. The number of hydrogen-bond acceptors (Lipinski definition) is 3. The van der Waals surface area contributed by atoms with Crippen molar-refractivity contribution in [2.75, 3.05) is 5.75 Å². The zero-order valence-electron chi connectivity index (χ0n) is 11.8. The van der Waals surface area contributed by atoms with Crippen LogP contribution in [0.1, 0.15) is 47.5 Å². The maximum atomic E-state index is 9.56. The van der Waals surface area contributed by atoms with Gasteiger partial charge in [0, 0.05) is 17.0 Å². The van der Waals surface area contributed by atoms with Crippen molar-refractivity contribution in [1.82, 2.24) is 5.32 Å². The van der Waals surface area contributed by atoms with Crippen LogP contribution in [-0.4, -0.2) is 22.6 Å². The standard InChI is InChI=1S/C14H26N2S/c1-10(2)12(5)17-9-14(8-15,13-6-7-13)16-11(3)4/h10-13,16H,6-7,9H2,1-5H3. The first kappa shape index (κ1) is 14.9. The van der Waals surface area contributed by atoms with Gasteiger partial charge in [-0.3, -0.25) is 5.32 Å². The summed E-state index contributed by atoms with van der Waals surface area (Å²) in [5, 5.41) is 13.7. The number of thioether (sulfide) groups is 1. The van der Waals surface area contributed by atoms with E-state index >= 15 is 0 Å². The highest BCUT2D eigenvalue weighted by atomic mass is 32.2. The molecule has 17 heavy (non-hydrogen) atoms. The van der Waals surface area contributed by atoms with E-state index in [0.29, 0.717) is 23.1 Å². The van der Waals surface area contributed by atoms with Crippen molar-refractivity contribution in [2.24, 2.45) is 11.8 Å². The van der Waals surface area contributed by atoms with Gasteiger partial charge in [0.2, 0.25) is 0 Å². The smallest absolute Gasteiger partial charge is 0.118 e. The molecule has 1 aliphatic carbocycles. The minimum Gasteiger partial charge on any atom is -0.296 e. The second-order valence-electron chi connectivity index (χ2n) is 5.92. The molecule has 1 rings (SSSR count). The average molecular weight is 254 g/mol. The molecule has 1 saturated carbocycles. The SMILES string of the molecule is CC(C)NC(C#N)(CSC(C)C(C)C)C1CC1. The first-order chi connectivity index (χ1) is 7.91. The molecule has 0 aromatic rings. The molecular weight excluding hydrogens is 228 g/mol. The van der Waals surface area contributed by atoms with E-state index in [4.69, 9.17) is 0 Å². The second kappa shape index (κ2) is 6.11. The summed E-state index contributed by atoms with van der Waals surface area (Å²) in [4.78, 5) is 0. The van der Waals surface area contributed by atoms with Gasteiger partial charge in [-0.2, -0.15) is 17.0 Å². The molecule has 0 radical (unpaired) electrons. The van der Waals surface area contributed by atoms with Crippen LogP contribution in [0.15, 0.2) is 0 Å². The Hall–Kier alpha value is -0.200. The minimum absolute atomic E-state index is 0.290. The van der Waals surface area contributed by atoms with Crippen LogP contribution < -0.4 is 5.32 Å². The Bertz CT molecular complexity index is 278. The van der Waals surface area contributed by atoms with Gasteiger partial charge in [-0.1, -0.05) is 20.8 Å². The third-order valence-corrected chi connectivity index (χ3v) is 5.22. The molecule has 2 nitrogen and oxygen atoms in total. The zero-order valence-corrected chi connectivity index (χ0v) is 12.6. The molecule has 0 aromatic carbocycles. The van der Waals surface area contributed by atoms with Crippen molar-refractivity contribution in [3.05, 3.63) is 0 Å². The Balaban J connectivity index is 2.61. The van der Waals surface area contributed by atoms with Gasteiger partial charge in [0.1, 0.15) is 5.54 Å². The van der Waals surface area contributed by atoms with Crippen molar-refractivity contribution in [3.8, 4) is 6.07 Å². The van der Waals surface area contributed by atoms with Crippen LogP contribution in [0.4, 0.5) is 0 Å². The number of nitrogens with one attached hydrogen (secondary N) is 1. The Morgan fingerprint density at radius 3 is 2.24 bits per heavy atom. The Morgan fingerprint density at radius 1 is 1.29 bits per heavy atom. The molecule has 3 heteroatoms. The molecule has 1 aliphatic rings. The molecule has 0 aromatic heterocycles. The van der Waals surface area contributed by atoms with Gasteiger partial charge in [-0.15, -0.1) is 0 Å². The lowest BCUT2D eigenvalue weighted by Crippen LogP contribution is -2.51. The Morgan fingerprint density at radius 2 is 1.88 bits per heavy atom. The fourth-order valence-electron chi connectivity index (χ4n) is 1.98. The topological polar surface area (TPSA) is 35.8 Å². The molecule has 0 saturated heterocycles. The van der Waals surface area contributed by atoms with Gasteiger partial charge in [0.15, 0.2) is 0 Å². The predicted octanol–water partition coefficient (Wildman–Crippen LogP) is 3.43. The number of nitriles is 1. The average Bonchev–Trinajstić information content (AvgIpc) is 3.07. The molecule has 1 N–H and O–H groups in total. The third kappa shape index (κ3) is 4.19. The normalized spacial score (nSPS) is 21.3. The summed E-state index contributed by atoms with van der Waals surface area (Å²) in [6.45, 7) is 11.0. The van der Waals surface area contributed by atoms with E-state index in [9.17, 15) is 5.26 Å². The lowest BCUT2D eigenvalue weighted by Gasteiger charge is -2.31. The van der Waals surface area contributed by atoms with Crippen LogP contribution in [0.5, 0.6) is 0 Å². The van der Waals surface area contributed by atoms with E-state index in [0.717, 1.165) is 5.75 Å². The molecule has 98 valence electrons. The molecule has 0 bridgehead atoms. The van der Waals surface area contributed by atoms with Crippen molar-refractivity contribution in [2.45, 2.75) is 64.3 Å². The highest BCUT2D eigenvalue weighted by Gasteiger charge is 2.46. The van der Waals surface area contributed by atoms with Gasteiger partial charge in [0.05, 0.1) is 6.07 Å². The van der Waals surface area contributed by atoms with Crippen molar-refractivity contribution < 1.29 is 0 Å². The highest BCUT2D eigenvalue weighted by Crippen LogP contribution is 2.42. The van der Waals surface area contributed by atoms with E-state index in [2.05, 4.69) is 46.0 Å². The molecular formula is C14H26N2S. The summed E-state index contributed by atoms with van der Waals surface area (Å²) in [7, 11) is 0. The van der Waals surface area contributed by atoms with Gasteiger partial charge < -0.3 is 0 Å². The van der Waals surface area contributed by atoms with Crippen LogP contribution in [-0.2, 0) is 0 Å². The lowest BCUT2D eigenvalue weighted by atomic mass is 9.96. The number of rotatable bonds is 7. The quantitative estimate of drug-likeness (QED) is 0.756. The summed E-state index contributed by atoms with van der Waals surface area (Å²) in [6, 6.07) is 2.95. The summed E-state index contributed by atoms with van der Waals surface area (Å²) in [6.07, 6.45) is 2.42. The lowest BCUT2D eigenvalue weighted by molar-refractivity contribution is 0.370. The predicted molar refractivity (Wildman–Crippen MR) is 76.1 cm³/mol. The van der Waals surface area contributed by atoms with E-state index < -0.39 is 0 Å². The number of nitrogens with zero attached hydrogens (tertiary/aromatic N) is 1. The molecule has 0 aliphatic heterocycles. The van der Waals surface area contributed by atoms with Crippen LogP contribution in [0.25, 0.3) is 0 Å². The van der Waals surface area contributed by atoms with Crippen molar-refractivity contribution in [3.63, 3.8) is 0 Å². The fourth-order valence-corrected chi connectivity index (χ4v) is 3.27. The van der Waals surface area contributed by atoms with E-state index in [1.807, 2.05) is 11.8 Å². The molecule has 1 fully saturated rings. The third-order valence-electron chi connectivity index (χ3n) is 3.53. The molecule has 0 heterocycles. The van der Waals surface area contributed by atoms with Crippen LogP contribution in [0.2, 0.25) is 0 Å². The largest absolute Gasteiger partial charge is 0.296 e. The zero-order chi connectivity index (χ0) is 13.1. The van der Waals surface area contributed by atoms with Gasteiger partial charge in [-0.25, -0.2) is 0 Å². The Kier molecular flexibility index (Phi) is 5.34. The van der Waals surface area contributed by atoms with Crippen LogP contribution in [0.3, 0.4) is 0 Å². The monoisotopic (exact) mass is 254 g/mol. The van der Waals surface area contributed by atoms with Gasteiger partial charge >= 0.3 is 0 Å². The van der Waals surface area contributed by atoms with Gasteiger partial charge in [-0.05, 0) is 38.5 Å². The van der Waals surface area contributed by atoms with Crippen LogP contribution in [0, 0.1) is 23.2 Å². The van der Waals surface area contributed by atoms with E-state index in [1.165, 1.54) is 12.8 Å². The summed E-state index contributed by atoms with van der Waals surface area (Å²) >= 11 is 1.94. The first-order valence-electron chi connectivity index (χ1n) is 6.72. The van der Waals surface area contributed by atoms with Crippen LogP contribution >= 0.6 is 11.8 Å². The molecule has 0 amide bonds. The minimum atomic E-state index is -0.290. The first-order valence-corrected chi connectivity index (χ1v) is 7.76.